The lowest BCUT2D eigenvalue weighted by Gasteiger charge is -2.25. The molecule has 1 aliphatic rings. The Morgan fingerprint density at radius 3 is 2.06 bits per heavy atom. The molecule has 10 heteroatoms. The summed E-state index contributed by atoms with van der Waals surface area (Å²) >= 11 is 0. The van der Waals surface area contributed by atoms with Gasteiger partial charge in [-0.1, -0.05) is 12.1 Å². The van der Waals surface area contributed by atoms with Gasteiger partial charge in [-0.25, -0.2) is 0 Å². The van der Waals surface area contributed by atoms with E-state index in [-0.39, 0.29) is 23.8 Å². The van der Waals surface area contributed by atoms with E-state index in [1.54, 1.807) is 24.3 Å². The van der Waals surface area contributed by atoms with Crippen molar-refractivity contribution in [1.82, 2.24) is 5.32 Å². The first-order valence-corrected chi connectivity index (χ1v) is 10.5. The van der Waals surface area contributed by atoms with Crippen LogP contribution in [-0.4, -0.2) is 48.5 Å². The van der Waals surface area contributed by atoms with Crippen LogP contribution in [-0.2, 0) is 39.9 Å². The number of carbonyl (C=O) groups is 5. The van der Waals surface area contributed by atoms with E-state index in [1.807, 2.05) is 0 Å². The van der Waals surface area contributed by atoms with Crippen molar-refractivity contribution in [1.29, 1.82) is 0 Å². The number of hydrogen-bond donors (Lipinski definition) is 1. The standard InChI is InChI=1S/C24H27NO9/c1-14(26)31-20-7-5-18(11-22(20)33-16(3)28)9-10-25-24(30)13-19-6-8-21(32-15(2)27)23(12-19)34-17(4)29/h5-8,11-12,20,22H,9-10,13H2,1-4H3,(H,25,30). The molecule has 182 valence electrons. The monoisotopic (exact) mass is 473 g/mol. The molecule has 0 saturated heterocycles. The lowest BCUT2D eigenvalue weighted by atomic mass is 9.99. The highest BCUT2D eigenvalue weighted by Gasteiger charge is 2.26. The molecule has 0 aliphatic heterocycles. The van der Waals surface area contributed by atoms with Crippen LogP contribution in [0.4, 0.5) is 0 Å². The van der Waals surface area contributed by atoms with Crippen LogP contribution in [0.1, 0.15) is 39.7 Å². The van der Waals surface area contributed by atoms with Crippen molar-refractivity contribution < 1.29 is 42.9 Å². The number of carbonyl (C=O) groups excluding carboxylic acids is 5. The summed E-state index contributed by atoms with van der Waals surface area (Å²) < 4.78 is 20.4. The Labute approximate surface area is 196 Å². The zero-order valence-electron chi connectivity index (χ0n) is 19.4. The molecule has 0 radical (unpaired) electrons. The summed E-state index contributed by atoms with van der Waals surface area (Å²) in [5, 5.41) is 2.78. The number of rotatable bonds is 9. The molecule has 0 saturated carbocycles. The molecule has 1 aliphatic carbocycles. The molecule has 1 aromatic carbocycles. The first-order chi connectivity index (χ1) is 16.0. The molecule has 2 atom stereocenters. The van der Waals surface area contributed by atoms with Crippen LogP contribution in [0.25, 0.3) is 0 Å². The predicted octanol–water partition coefficient (Wildman–Crippen LogP) is 1.95. The van der Waals surface area contributed by atoms with Gasteiger partial charge in [0.05, 0.1) is 6.42 Å². The number of hydrogen-bond acceptors (Lipinski definition) is 9. The maximum Gasteiger partial charge on any atom is 0.308 e. The minimum atomic E-state index is -0.743. The Hall–Kier alpha value is -3.95. The molecule has 0 aromatic heterocycles. The number of amides is 1. The van der Waals surface area contributed by atoms with Gasteiger partial charge in [0.2, 0.25) is 5.91 Å². The van der Waals surface area contributed by atoms with E-state index in [4.69, 9.17) is 18.9 Å². The van der Waals surface area contributed by atoms with Gasteiger partial charge in [0.15, 0.2) is 23.7 Å². The van der Waals surface area contributed by atoms with Gasteiger partial charge in [-0.15, -0.1) is 0 Å². The summed E-state index contributed by atoms with van der Waals surface area (Å²) in [5.41, 5.74) is 1.36. The lowest BCUT2D eigenvalue weighted by Crippen LogP contribution is -2.33. The second-order valence-corrected chi connectivity index (χ2v) is 7.49. The SMILES string of the molecule is CC(=O)Oc1ccc(CC(=O)NCCC2=CC(OC(C)=O)C(OC(C)=O)C=C2)cc1OC(C)=O. The molecule has 1 aromatic rings. The maximum absolute atomic E-state index is 12.4. The maximum atomic E-state index is 12.4. The summed E-state index contributed by atoms with van der Waals surface area (Å²) in [7, 11) is 0. The molecular formula is C24H27NO9. The molecule has 0 heterocycles. The second-order valence-electron chi connectivity index (χ2n) is 7.49. The Kier molecular flexibility index (Phi) is 9.54. The van der Waals surface area contributed by atoms with Crippen LogP contribution in [0.2, 0.25) is 0 Å². The third-order valence-electron chi connectivity index (χ3n) is 4.42. The first-order valence-electron chi connectivity index (χ1n) is 10.5. The molecule has 2 rings (SSSR count). The molecule has 2 unspecified atom stereocenters. The minimum absolute atomic E-state index is 0.00804. The molecule has 1 amide bonds. The van der Waals surface area contributed by atoms with Crippen molar-refractivity contribution in [2.75, 3.05) is 6.54 Å². The topological polar surface area (TPSA) is 134 Å². The minimum Gasteiger partial charge on any atom is -0.454 e. The van der Waals surface area contributed by atoms with Crippen LogP contribution in [0.3, 0.4) is 0 Å². The predicted molar refractivity (Wildman–Crippen MR) is 119 cm³/mol. The highest BCUT2D eigenvalue weighted by Crippen LogP contribution is 2.29. The average molecular weight is 473 g/mol. The fourth-order valence-corrected chi connectivity index (χ4v) is 3.18. The van der Waals surface area contributed by atoms with Gasteiger partial charge >= 0.3 is 23.9 Å². The van der Waals surface area contributed by atoms with E-state index in [0.29, 0.717) is 18.5 Å². The summed E-state index contributed by atoms with van der Waals surface area (Å²) in [6.45, 7) is 5.28. The number of allylic oxidation sites excluding steroid dienone is 1. The molecule has 0 bridgehead atoms. The van der Waals surface area contributed by atoms with E-state index in [1.165, 1.54) is 39.8 Å². The average Bonchev–Trinajstić information content (AvgIpc) is 2.70. The highest BCUT2D eigenvalue weighted by molar-refractivity contribution is 5.79. The fourth-order valence-electron chi connectivity index (χ4n) is 3.18. The summed E-state index contributed by atoms with van der Waals surface area (Å²) in [5.74, 6) is -2.31. The van der Waals surface area contributed by atoms with Crippen molar-refractivity contribution >= 4 is 29.8 Å². The number of ether oxygens (including phenoxy) is 4. The van der Waals surface area contributed by atoms with Gasteiger partial charge in [-0.2, -0.15) is 0 Å². The van der Waals surface area contributed by atoms with Gasteiger partial charge in [0.25, 0.3) is 0 Å². The van der Waals surface area contributed by atoms with E-state index in [2.05, 4.69) is 5.32 Å². The quantitative estimate of drug-likeness (QED) is 0.422. The molecule has 0 fully saturated rings. The van der Waals surface area contributed by atoms with Crippen molar-refractivity contribution in [2.24, 2.45) is 0 Å². The Morgan fingerprint density at radius 2 is 1.44 bits per heavy atom. The van der Waals surface area contributed by atoms with Gasteiger partial charge in [-0.3, -0.25) is 24.0 Å². The summed E-state index contributed by atoms with van der Waals surface area (Å²) in [6, 6.07) is 4.51. The van der Waals surface area contributed by atoms with Gasteiger partial charge in [0, 0.05) is 34.2 Å². The van der Waals surface area contributed by atoms with Crippen LogP contribution < -0.4 is 14.8 Å². The van der Waals surface area contributed by atoms with E-state index >= 15 is 0 Å². The number of nitrogens with one attached hydrogen (secondary N) is 1. The molecule has 0 spiro atoms. The summed E-state index contributed by atoms with van der Waals surface area (Å²) in [4.78, 5) is 57.5. The van der Waals surface area contributed by atoms with Crippen molar-refractivity contribution in [2.45, 2.75) is 52.7 Å². The first kappa shape index (κ1) is 26.3. The van der Waals surface area contributed by atoms with E-state index in [9.17, 15) is 24.0 Å². The van der Waals surface area contributed by atoms with Gasteiger partial charge in [-0.05, 0) is 41.8 Å². The molecular weight excluding hydrogens is 446 g/mol. The zero-order valence-corrected chi connectivity index (χ0v) is 19.4. The third-order valence-corrected chi connectivity index (χ3v) is 4.42. The summed E-state index contributed by atoms with van der Waals surface area (Å²) in [6.07, 6.45) is 4.08. The van der Waals surface area contributed by atoms with Crippen LogP contribution in [0, 0.1) is 0 Å². The Bertz CT molecular complexity index is 1030. The van der Waals surface area contributed by atoms with Crippen molar-refractivity contribution in [3.8, 4) is 11.5 Å². The van der Waals surface area contributed by atoms with Gasteiger partial charge < -0.3 is 24.3 Å². The second kappa shape index (κ2) is 12.3. The number of benzene rings is 1. The van der Waals surface area contributed by atoms with E-state index < -0.39 is 36.1 Å². The van der Waals surface area contributed by atoms with E-state index in [0.717, 1.165) is 5.57 Å². The Morgan fingerprint density at radius 1 is 0.824 bits per heavy atom. The molecule has 1 N–H and O–H groups in total. The lowest BCUT2D eigenvalue weighted by molar-refractivity contribution is -0.158. The van der Waals surface area contributed by atoms with Crippen LogP contribution in [0.15, 0.2) is 42.0 Å². The smallest absolute Gasteiger partial charge is 0.308 e. The highest BCUT2D eigenvalue weighted by atomic mass is 16.6. The normalized spacial score (nSPS) is 16.6. The van der Waals surface area contributed by atoms with Crippen molar-refractivity contribution in [3.05, 3.63) is 47.6 Å². The van der Waals surface area contributed by atoms with Crippen LogP contribution in [0.5, 0.6) is 11.5 Å². The molecule has 34 heavy (non-hydrogen) atoms. The third kappa shape index (κ3) is 8.89. The van der Waals surface area contributed by atoms with Gasteiger partial charge in [0.1, 0.15) is 0 Å². The van der Waals surface area contributed by atoms with Crippen LogP contribution >= 0.6 is 0 Å². The van der Waals surface area contributed by atoms with Crippen molar-refractivity contribution in [3.63, 3.8) is 0 Å². The Balaban J connectivity index is 1.95. The fraction of sp³-hybridized carbons (Fsp3) is 0.375. The number of esters is 4. The largest absolute Gasteiger partial charge is 0.454 e. The zero-order chi connectivity index (χ0) is 25.3. The molecule has 10 nitrogen and oxygen atoms in total.